The van der Waals surface area contributed by atoms with E-state index in [0.717, 1.165) is 5.56 Å². The molecule has 1 unspecified atom stereocenters. The number of hydrogen-bond acceptors (Lipinski definition) is 3. The predicted molar refractivity (Wildman–Crippen MR) is 57.6 cm³/mol. The third-order valence-electron chi connectivity index (χ3n) is 2.28. The lowest BCUT2D eigenvalue weighted by atomic mass is 9.98. The van der Waals surface area contributed by atoms with Crippen LogP contribution in [0.15, 0.2) is 24.3 Å². The highest BCUT2D eigenvalue weighted by Gasteiger charge is 2.14. The van der Waals surface area contributed by atoms with Crippen LogP contribution in [0, 0.1) is 5.92 Å². The monoisotopic (exact) mass is 208 g/mol. The van der Waals surface area contributed by atoms with Crippen molar-refractivity contribution in [1.29, 1.82) is 0 Å². The summed E-state index contributed by atoms with van der Waals surface area (Å²) in [6, 6.07) is 6.88. The largest absolute Gasteiger partial charge is 0.465 e. The Kier molecular flexibility index (Phi) is 3.86. The topological polar surface area (TPSA) is 46.5 Å². The van der Waals surface area contributed by atoms with Crippen LogP contribution < -0.4 is 0 Å². The zero-order chi connectivity index (χ0) is 11.4. The quantitative estimate of drug-likeness (QED) is 0.774. The number of rotatable bonds is 3. The fraction of sp³-hybridized carbons (Fsp3) is 0.417. The van der Waals surface area contributed by atoms with Crippen LogP contribution in [0.1, 0.15) is 35.9 Å². The molecule has 0 aromatic heterocycles. The second-order valence-corrected chi connectivity index (χ2v) is 3.81. The van der Waals surface area contributed by atoms with Gasteiger partial charge >= 0.3 is 5.97 Å². The van der Waals surface area contributed by atoms with Gasteiger partial charge in [-0.25, -0.2) is 4.79 Å². The van der Waals surface area contributed by atoms with Crippen molar-refractivity contribution < 1.29 is 14.6 Å². The summed E-state index contributed by atoms with van der Waals surface area (Å²) >= 11 is 0. The molecule has 1 atom stereocenters. The van der Waals surface area contributed by atoms with E-state index in [0.29, 0.717) is 5.56 Å². The Bertz CT molecular complexity index is 344. The van der Waals surface area contributed by atoms with Crippen LogP contribution in [-0.4, -0.2) is 18.2 Å². The summed E-state index contributed by atoms with van der Waals surface area (Å²) in [5.41, 5.74) is 1.21. The van der Waals surface area contributed by atoms with E-state index >= 15 is 0 Å². The van der Waals surface area contributed by atoms with E-state index in [-0.39, 0.29) is 11.9 Å². The lowest BCUT2D eigenvalue weighted by Crippen LogP contribution is -2.07. The molecule has 0 aliphatic carbocycles. The summed E-state index contributed by atoms with van der Waals surface area (Å²) in [6.07, 6.45) is -0.547. The number of aliphatic hydroxyl groups is 1. The molecular weight excluding hydrogens is 192 g/mol. The van der Waals surface area contributed by atoms with Crippen LogP contribution >= 0.6 is 0 Å². The molecule has 15 heavy (non-hydrogen) atoms. The van der Waals surface area contributed by atoms with Gasteiger partial charge in [0.1, 0.15) is 0 Å². The number of benzene rings is 1. The maximum atomic E-state index is 11.3. The minimum atomic E-state index is -0.547. The maximum Gasteiger partial charge on any atom is 0.337 e. The molecule has 0 amide bonds. The van der Waals surface area contributed by atoms with Crippen LogP contribution in [0.2, 0.25) is 0 Å². The molecule has 0 radical (unpaired) electrons. The van der Waals surface area contributed by atoms with Gasteiger partial charge in [0, 0.05) is 0 Å². The minimum Gasteiger partial charge on any atom is -0.465 e. The van der Waals surface area contributed by atoms with Gasteiger partial charge in [0.2, 0.25) is 0 Å². The van der Waals surface area contributed by atoms with E-state index in [9.17, 15) is 9.90 Å². The van der Waals surface area contributed by atoms with Crippen molar-refractivity contribution in [1.82, 2.24) is 0 Å². The Morgan fingerprint density at radius 3 is 2.60 bits per heavy atom. The van der Waals surface area contributed by atoms with Crippen molar-refractivity contribution in [3.63, 3.8) is 0 Å². The highest BCUT2D eigenvalue weighted by molar-refractivity contribution is 5.89. The first-order valence-corrected chi connectivity index (χ1v) is 4.92. The summed E-state index contributed by atoms with van der Waals surface area (Å²) < 4.78 is 4.61. The standard InChI is InChI=1S/C12H16O3/c1-8(2)11(13)9-5-4-6-10(7-9)12(14)15-3/h4-8,11,13H,1-3H3. The number of methoxy groups -OCH3 is 1. The molecule has 82 valence electrons. The fourth-order valence-electron chi connectivity index (χ4n) is 1.35. The summed E-state index contributed by atoms with van der Waals surface area (Å²) in [4.78, 5) is 11.3. The molecule has 1 N–H and O–H groups in total. The van der Waals surface area contributed by atoms with E-state index in [1.54, 1.807) is 24.3 Å². The zero-order valence-corrected chi connectivity index (χ0v) is 9.23. The van der Waals surface area contributed by atoms with E-state index in [2.05, 4.69) is 4.74 Å². The van der Waals surface area contributed by atoms with Gasteiger partial charge in [-0.2, -0.15) is 0 Å². The molecule has 0 aliphatic heterocycles. The second kappa shape index (κ2) is 4.94. The van der Waals surface area contributed by atoms with Crippen molar-refractivity contribution in [3.8, 4) is 0 Å². The molecule has 0 fully saturated rings. The SMILES string of the molecule is COC(=O)c1cccc(C(O)C(C)C)c1. The third-order valence-corrected chi connectivity index (χ3v) is 2.28. The molecule has 1 aromatic rings. The van der Waals surface area contributed by atoms with Crippen molar-refractivity contribution in [2.45, 2.75) is 20.0 Å². The van der Waals surface area contributed by atoms with Gasteiger partial charge in [0.05, 0.1) is 18.8 Å². The maximum absolute atomic E-state index is 11.3. The van der Waals surface area contributed by atoms with Gasteiger partial charge in [-0.1, -0.05) is 26.0 Å². The lowest BCUT2D eigenvalue weighted by molar-refractivity contribution is 0.0600. The molecule has 0 saturated heterocycles. The number of ether oxygens (including phenoxy) is 1. The van der Waals surface area contributed by atoms with Crippen molar-refractivity contribution in [2.24, 2.45) is 5.92 Å². The first-order valence-electron chi connectivity index (χ1n) is 4.92. The molecule has 1 aromatic carbocycles. The number of esters is 1. The first kappa shape index (κ1) is 11.7. The summed E-state index contributed by atoms with van der Waals surface area (Å²) in [5.74, 6) is -0.259. The third kappa shape index (κ3) is 2.80. The van der Waals surface area contributed by atoms with Crippen molar-refractivity contribution in [2.75, 3.05) is 7.11 Å². The average molecular weight is 208 g/mol. The van der Waals surface area contributed by atoms with Crippen LogP contribution in [0.25, 0.3) is 0 Å². The molecule has 0 saturated carbocycles. The van der Waals surface area contributed by atoms with E-state index in [1.165, 1.54) is 7.11 Å². The number of carbonyl (C=O) groups is 1. The lowest BCUT2D eigenvalue weighted by Gasteiger charge is -2.15. The highest BCUT2D eigenvalue weighted by atomic mass is 16.5. The minimum absolute atomic E-state index is 0.123. The van der Waals surface area contributed by atoms with E-state index < -0.39 is 6.10 Å². The Hall–Kier alpha value is -1.35. The normalized spacial score (nSPS) is 12.6. The Morgan fingerprint density at radius 1 is 1.40 bits per heavy atom. The predicted octanol–water partition coefficient (Wildman–Crippen LogP) is 2.16. The molecule has 3 heteroatoms. The van der Waals surface area contributed by atoms with Gasteiger partial charge in [-0.3, -0.25) is 0 Å². The van der Waals surface area contributed by atoms with Gasteiger partial charge in [0.25, 0.3) is 0 Å². The number of carbonyl (C=O) groups excluding carboxylic acids is 1. The Balaban J connectivity index is 2.97. The molecular formula is C12H16O3. The van der Waals surface area contributed by atoms with Crippen LogP contribution in [0.4, 0.5) is 0 Å². The molecule has 0 spiro atoms. The molecule has 0 aliphatic rings. The fourth-order valence-corrected chi connectivity index (χ4v) is 1.35. The molecule has 0 heterocycles. The van der Waals surface area contributed by atoms with Crippen molar-refractivity contribution in [3.05, 3.63) is 35.4 Å². The Morgan fingerprint density at radius 2 is 2.07 bits per heavy atom. The van der Waals surface area contributed by atoms with Gasteiger partial charge < -0.3 is 9.84 Å². The van der Waals surface area contributed by atoms with Crippen LogP contribution in [0.5, 0.6) is 0 Å². The summed E-state index contributed by atoms with van der Waals surface area (Å²) in [7, 11) is 1.34. The second-order valence-electron chi connectivity index (χ2n) is 3.81. The van der Waals surface area contributed by atoms with Gasteiger partial charge in [0.15, 0.2) is 0 Å². The smallest absolute Gasteiger partial charge is 0.337 e. The molecule has 3 nitrogen and oxygen atoms in total. The molecule has 1 rings (SSSR count). The summed E-state index contributed by atoms with van der Waals surface area (Å²) in [6.45, 7) is 3.85. The average Bonchev–Trinajstić information content (AvgIpc) is 2.27. The number of aliphatic hydroxyl groups excluding tert-OH is 1. The van der Waals surface area contributed by atoms with Crippen molar-refractivity contribution >= 4 is 5.97 Å². The van der Waals surface area contributed by atoms with Gasteiger partial charge in [-0.05, 0) is 23.6 Å². The first-order chi connectivity index (χ1) is 7.06. The van der Waals surface area contributed by atoms with Gasteiger partial charge in [-0.15, -0.1) is 0 Å². The van der Waals surface area contributed by atoms with Crippen LogP contribution in [-0.2, 0) is 4.74 Å². The van der Waals surface area contributed by atoms with Crippen LogP contribution in [0.3, 0.4) is 0 Å². The van der Waals surface area contributed by atoms with E-state index in [4.69, 9.17) is 0 Å². The highest BCUT2D eigenvalue weighted by Crippen LogP contribution is 2.22. The zero-order valence-electron chi connectivity index (χ0n) is 9.23. The number of hydrogen-bond donors (Lipinski definition) is 1. The van der Waals surface area contributed by atoms with E-state index in [1.807, 2.05) is 13.8 Å². The molecule has 0 bridgehead atoms. The summed E-state index contributed by atoms with van der Waals surface area (Å²) in [5, 5.41) is 9.82. The Labute approximate surface area is 89.7 Å².